The van der Waals surface area contributed by atoms with E-state index in [1.54, 1.807) is 0 Å². The summed E-state index contributed by atoms with van der Waals surface area (Å²) in [4.78, 5) is 215. The fourth-order valence-corrected chi connectivity index (χ4v) is 9.45. The molecule has 0 aliphatic heterocycles. The van der Waals surface area contributed by atoms with Crippen molar-refractivity contribution in [2.24, 2.45) is 23.5 Å². The molecule has 0 spiro atoms. The predicted octanol–water partition coefficient (Wildman–Crippen LogP) is -3.38. The van der Waals surface area contributed by atoms with E-state index in [0.29, 0.717) is 19.3 Å². The molecule has 0 saturated heterocycles. The zero-order chi connectivity index (χ0) is 78.1. The van der Waals surface area contributed by atoms with Gasteiger partial charge in [0.15, 0.2) is 0 Å². The zero-order valence-electron chi connectivity index (χ0n) is 62.6. The Labute approximate surface area is 604 Å². The maximum atomic E-state index is 14.6. The molecule has 37 nitrogen and oxygen atoms in total. The number of amides is 12. The lowest BCUT2D eigenvalue weighted by Gasteiger charge is -2.33. The number of nitrogens with two attached hydrogens (primary N) is 1. The average Bonchev–Trinajstić information content (AvgIpc) is 0.864. The number of methoxy groups -OCH3 is 6. The van der Waals surface area contributed by atoms with Gasteiger partial charge in [-0.2, -0.15) is 0 Å². The Kier molecular flexibility index (Phi) is 50.1. The van der Waals surface area contributed by atoms with Crippen LogP contribution >= 0.6 is 0 Å². The monoisotopic (exact) mass is 1480 g/mol. The quantitative estimate of drug-likeness (QED) is 0.0371. The molecule has 0 aromatic heterocycles. The normalized spacial score (nSPS) is 11.1. The van der Waals surface area contributed by atoms with Crippen LogP contribution in [0.3, 0.4) is 0 Å². The molecule has 0 aliphatic carbocycles. The first-order valence-electron chi connectivity index (χ1n) is 34.3. The van der Waals surface area contributed by atoms with E-state index in [0.717, 1.165) is 39.2 Å². The van der Waals surface area contributed by atoms with E-state index in [-0.39, 0.29) is 136 Å². The highest BCUT2D eigenvalue weighted by Crippen LogP contribution is 2.13. The maximum Gasteiger partial charge on any atom is 0.305 e. The minimum Gasteiger partial charge on any atom is -0.481 e. The van der Waals surface area contributed by atoms with E-state index in [1.807, 2.05) is 41.5 Å². The molecule has 0 fully saturated rings. The van der Waals surface area contributed by atoms with E-state index in [2.05, 4.69) is 5.32 Å². The highest BCUT2D eigenvalue weighted by Gasteiger charge is 2.34. The van der Waals surface area contributed by atoms with Crippen LogP contribution in [0.25, 0.3) is 0 Å². The molecular weight excluding hydrogens is 1360 g/mol. The van der Waals surface area contributed by atoms with E-state index < -0.39 is 187 Å². The number of nitrogens with zero attached hydrogens (tertiary/aromatic N) is 11. The molecule has 0 unspecified atom stereocenters. The molecule has 0 aliphatic rings. The number of nitrogens with one attached hydrogen (secondary N) is 1. The standard InChI is InChI=1S/C66H117N13O24/c1-49(2)14-20-69(39-59(87)74(25-31-98-7)38-52(67)80)55(83)45-76(27-33-100-9)62(90)42-72(23-17-65(94)95)58(86)48-79(30-36-103-12)61(89)41-71(22-16-51(5)6)56(84)46-77(28-34-101-10)63(91)43-73(24-18-66(96)97)57(85)47-78(29-35-102-11)60(88)40-70(21-15-50(3)4)54(82)44-75(26-32-99-8)53(81)37-68-19-13-64(92)93/h49-51,68H,13-48H2,1-12H3,(H2,67,80)(H,92,93)(H,94,95)(H,96,97). The van der Waals surface area contributed by atoms with Crippen molar-refractivity contribution in [3.63, 3.8) is 0 Å². The van der Waals surface area contributed by atoms with Gasteiger partial charge in [-0.25, -0.2) is 0 Å². The van der Waals surface area contributed by atoms with Crippen LogP contribution in [0, 0.1) is 17.8 Å². The van der Waals surface area contributed by atoms with Crippen LogP contribution in [0.1, 0.15) is 80.1 Å². The molecule has 0 atom stereocenters. The van der Waals surface area contributed by atoms with Crippen molar-refractivity contribution in [3.05, 3.63) is 0 Å². The molecule has 12 amide bonds. The third-order valence-corrected chi connectivity index (χ3v) is 15.8. The molecule has 0 heterocycles. The first-order chi connectivity index (χ1) is 48.7. The lowest BCUT2D eigenvalue weighted by molar-refractivity contribution is -0.150. The van der Waals surface area contributed by atoms with Crippen LogP contribution in [0.4, 0.5) is 0 Å². The number of hydrogen-bond donors (Lipinski definition) is 5. The van der Waals surface area contributed by atoms with Gasteiger partial charge in [-0.15, -0.1) is 0 Å². The predicted molar refractivity (Wildman–Crippen MR) is 371 cm³/mol. The van der Waals surface area contributed by atoms with Crippen LogP contribution in [-0.4, -0.2) is 397 Å². The first kappa shape index (κ1) is 94.8. The van der Waals surface area contributed by atoms with E-state index in [4.69, 9.17) is 39.3 Å². The molecule has 6 N–H and O–H groups in total. The summed E-state index contributed by atoms with van der Waals surface area (Å²) in [5.74, 6) is -12.9. The van der Waals surface area contributed by atoms with Gasteiger partial charge in [0, 0.05) is 121 Å². The highest BCUT2D eigenvalue weighted by atomic mass is 16.5. The summed E-state index contributed by atoms with van der Waals surface area (Å²) in [5.41, 5.74) is 5.41. The highest BCUT2D eigenvalue weighted by molar-refractivity contribution is 5.95. The van der Waals surface area contributed by atoms with Crippen LogP contribution in [0.2, 0.25) is 0 Å². The Morgan fingerprint density at radius 1 is 0.282 bits per heavy atom. The molecule has 0 aromatic rings. The van der Waals surface area contributed by atoms with Crippen LogP contribution in [-0.2, 0) is 100 Å². The second kappa shape index (κ2) is 54.4. The van der Waals surface area contributed by atoms with Gasteiger partial charge in [0.05, 0.1) is 137 Å². The molecule has 0 aromatic carbocycles. The van der Waals surface area contributed by atoms with Crippen molar-refractivity contribution in [1.82, 2.24) is 59.2 Å². The van der Waals surface area contributed by atoms with E-state index in [1.165, 1.54) is 57.4 Å². The molecule has 0 radical (unpaired) electrons. The van der Waals surface area contributed by atoms with Crippen molar-refractivity contribution in [2.45, 2.75) is 80.1 Å². The molecule has 0 saturated carbocycles. The molecular formula is C66H117N13O24. The number of primary amides is 1. The van der Waals surface area contributed by atoms with Crippen LogP contribution in [0.15, 0.2) is 0 Å². The van der Waals surface area contributed by atoms with Gasteiger partial charge in [-0.3, -0.25) is 71.9 Å². The third-order valence-electron chi connectivity index (χ3n) is 15.8. The fourth-order valence-electron chi connectivity index (χ4n) is 9.45. The smallest absolute Gasteiger partial charge is 0.305 e. The Morgan fingerprint density at radius 3 is 0.650 bits per heavy atom. The van der Waals surface area contributed by atoms with Gasteiger partial charge in [0.1, 0.15) is 0 Å². The molecule has 0 bridgehead atoms. The second-order valence-corrected chi connectivity index (χ2v) is 25.5. The SMILES string of the molecule is COCCN(CC(N)=O)C(=O)CN(CCC(C)C)C(=O)CN(CCOC)C(=O)CN(CCC(=O)O)C(=O)CN(CCOC)C(=O)CN(CCC(C)C)C(=O)CN(CCOC)C(=O)CN(CCC(=O)O)C(=O)CN(CCOC)C(=O)CN(CCC(C)C)C(=O)CN(CCOC)C(=O)CNCCC(=O)O. The summed E-state index contributed by atoms with van der Waals surface area (Å²) >= 11 is 0. The molecule has 37 heteroatoms. The van der Waals surface area contributed by atoms with Crippen LogP contribution < -0.4 is 11.1 Å². The summed E-state index contributed by atoms with van der Waals surface area (Å²) < 4.78 is 31.3. The van der Waals surface area contributed by atoms with E-state index in [9.17, 15) is 82.1 Å². The van der Waals surface area contributed by atoms with Crippen molar-refractivity contribution in [2.75, 3.05) is 239 Å². The number of carbonyl (C=O) groups is 15. The number of aliphatic carboxylic acids is 3. The molecule has 590 valence electrons. The van der Waals surface area contributed by atoms with Gasteiger partial charge < -0.3 is 109 Å². The third kappa shape index (κ3) is 42.8. The van der Waals surface area contributed by atoms with Gasteiger partial charge in [0.2, 0.25) is 70.9 Å². The number of carbonyl (C=O) groups excluding carboxylic acids is 12. The first-order valence-corrected chi connectivity index (χ1v) is 34.3. The Balaban J connectivity index is 7.20. The average molecular weight is 1480 g/mol. The number of carboxylic acids is 3. The van der Waals surface area contributed by atoms with Gasteiger partial charge in [-0.1, -0.05) is 41.5 Å². The maximum absolute atomic E-state index is 14.6. The lowest BCUT2D eigenvalue weighted by Crippen LogP contribution is -2.54. The Bertz CT molecular complexity index is 2670. The lowest BCUT2D eigenvalue weighted by atomic mass is 10.1. The summed E-state index contributed by atoms with van der Waals surface area (Å²) in [5, 5.41) is 31.3. The topological polar surface area (TPSA) is 446 Å². The van der Waals surface area contributed by atoms with Crippen molar-refractivity contribution in [1.29, 1.82) is 0 Å². The largest absolute Gasteiger partial charge is 0.481 e. The van der Waals surface area contributed by atoms with Gasteiger partial charge >= 0.3 is 17.9 Å². The summed E-state index contributed by atoms with van der Waals surface area (Å²) in [6, 6.07) is 0. The van der Waals surface area contributed by atoms with Crippen molar-refractivity contribution in [3.8, 4) is 0 Å². The number of rotatable bonds is 60. The minimum atomic E-state index is -1.35. The second-order valence-electron chi connectivity index (χ2n) is 25.5. The van der Waals surface area contributed by atoms with Crippen molar-refractivity contribution < 1.29 is 116 Å². The summed E-state index contributed by atoms with van der Waals surface area (Å²) in [6.07, 6.45) is -0.398. The minimum absolute atomic E-state index is 0.0131. The van der Waals surface area contributed by atoms with Crippen LogP contribution in [0.5, 0.6) is 0 Å². The van der Waals surface area contributed by atoms with Crippen molar-refractivity contribution >= 4 is 88.8 Å². The number of carboxylic acid groups (broad SMARTS) is 3. The summed E-state index contributed by atoms with van der Waals surface area (Å²) in [7, 11) is 8.13. The Morgan fingerprint density at radius 2 is 0.466 bits per heavy atom. The summed E-state index contributed by atoms with van der Waals surface area (Å²) in [6.45, 7) is 1.37. The molecule has 0 rings (SSSR count). The van der Waals surface area contributed by atoms with Gasteiger partial charge in [0.25, 0.3) is 0 Å². The Hall–Kier alpha value is -8.23. The number of ether oxygens (including phenoxy) is 6. The number of hydrogen-bond acceptors (Lipinski definition) is 22. The molecule has 103 heavy (non-hydrogen) atoms. The zero-order valence-corrected chi connectivity index (χ0v) is 62.6. The van der Waals surface area contributed by atoms with E-state index >= 15 is 0 Å². The van der Waals surface area contributed by atoms with Gasteiger partial charge in [-0.05, 0) is 37.0 Å². The fraction of sp³-hybridized carbons (Fsp3) is 0.773.